The standard InChI is InChI=1S/C12H19NO6S/c1-6-7(10(17)18-12(2,3)4)8(14)13(6)19-11(20-5)9(15)16/h6-7,11H,1-5H3,(H,15,16). The molecule has 0 aliphatic carbocycles. The van der Waals surface area contributed by atoms with Crippen LogP contribution in [0.2, 0.25) is 0 Å². The van der Waals surface area contributed by atoms with E-state index in [1.165, 1.54) is 0 Å². The van der Waals surface area contributed by atoms with Crippen LogP contribution < -0.4 is 0 Å². The predicted molar refractivity (Wildman–Crippen MR) is 71.7 cm³/mol. The van der Waals surface area contributed by atoms with E-state index in [0.717, 1.165) is 16.8 Å². The van der Waals surface area contributed by atoms with Crippen molar-refractivity contribution in [2.75, 3.05) is 6.26 Å². The van der Waals surface area contributed by atoms with Gasteiger partial charge in [0.15, 0.2) is 5.92 Å². The summed E-state index contributed by atoms with van der Waals surface area (Å²) >= 11 is 0.947. The molecule has 7 nitrogen and oxygen atoms in total. The molecule has 0 aromatic rings. The van der Waals surface area contributed by atoms with Crippen LogP contribution in [0.4, 0.5) is 0 Å². The van der Waals surface area contributed by atoms with Crippen LogP contribution in [0.3, 0.4) is 0 Å². The van der Waals surface area contributed by atoms with Crippen molar-refractivity contribution in [3.05, 3.63) is 0 Å². The molecule has 1 fully saturated rings. The molecule has 0 bridgehead atoms. The van der Waals surface area contributed by atoms with Gasteiger partial charge in [-0.25, -0.2) is 14.7 Å². The number of rotatable bonds is 5. The Morgan fingerprint density at radius 1 is 1.40 bits per heavy atom. The maximum Gasteiger partial charge on any atom is 0.346 e. The number of aliphatic carboxylic acids is 1. The molecule has 0 spiro atoms. The number of carbonyl (C=O) groups is 3. The summed E-state index contributed by atoms with van der Waals surface area (Å²) in [5.41, 5.74) is -1.86. The Morgan fingerprint density at radius 2 is 1.95 bits per heavy atom. The molecule has 114 valence electrons. The molecule has 0 radical (unpaired) electrons. The first kappa shape index (κ1) is 16.8. The van der Waals surface area contributed by atoms with E-state index in [1.54, 1.807) is 34.0 Å². The first-order valence-electron chi connectivity index (χ1n) is 6.06. The molecule has 0 saturated carbocycles. The molecule has 3 atom stereocenters. The Morgan fingerprint density at radius 3 is 2.30 bits per heavy atom. The van der Waals surface area contributed by atoms with E-state index in [-0.39, 0.29) is 0 Å². The normalized spacial score (nSPS) is 24.1. The number of hydrogen-bond donors (Lipinski definition) is 1. The molecule has 1 amide bonds. The van der Waals surface area contributed by atoms with Crippen molar-refractivity contribution in [2.24, 2.45) is 5.92 Å². The van der Waals surface area contributed by atoms with Crippen molar-refractivity contribution in [1.82, 2.24) is 5.06 Å². The quantitative estimate of drug-likeness (QED) is 0.349. The van der Waals surface area contributed by atoms with Crippen molar-refractivity contribution >= 4 is 29.6 Å². The smallest absolute Gasteiger partial charge is 0.346 e. The second-order valence-electron chi connectivity index (χ2n) is 5.43. The van der Waals surface area contributed by atoms with Gasteiger partial charge >= 0.3 is 11.9 Å². The van der Waals surface area contributed by atoms with Crippen molar-refractivity contribution in [3.63, 3.8) is 0 Å². The van der Waals surface area contributed by atoms with E-state index in [4.69, 9.17) is 14.7 Å². The third-order valence-electron chi connectivity index (χ3n) is 2.62. The Balaban J connectivity index is 2.65. The van der Waals surface area contributed by atoms with Crippen LogP contribution in [-0.4, -0.2) is 51.4 Å². The van der Waals surface area contributed by atoms with Crippen LogP contribution >= 0.6 is 11.8 Å². The average Bonchev–Trinajstić information content (AvgIpc) is 2.26. The summed E-state index contributed by atoms with van der Waals surface area (Å²) in [5, 5.41) is 9.79. The van der Waals surface area contributed by atoms with Gasteiger partial charge in [-0.2, -0.15) is 0 Å². The zero-order valence-corrected chi connectivity index (χ0v) is 12.9. The van der Waals surface area contributed by atoms with Gasteiger partial charge in [0.1, 0.15) is 5.60 Å². The van der Waals surface area contributed by atoms with Crippen LogP contribution in [0.1, 0.15) is 27.7 Å². The van der Waals surface area contributed by atoms with E-state index in [0.29, 0.717) is 0 Å². The van der Waals surface area contributed by atoms with Crippen molar-refractivity contribution in [2.45, 2.75) is 44.8 Å². The Kier molecular flexibility index (Phi) is 5.04. The van der Waals surface area contributed by atoms with E-state index in [1.807, 2.05) is 0 Å². The highest BCUT2D eigenvalue weighted by molar-refractivity contribution is 7.99. The maximum atomic E-state index is 11.9. The van der Waals surface area contributed by atoms with E-state index >= 15 is 0 Å². The Labute approximate surface area is 121 Å². The summed E-state index contributed by atoms with van der Waals surface area (Å²) in [6.45, 7) is 6.73. The fourth-order valence-electron chi connectivity index (χ4n) is 1.70. The molecule has 0 aromatic heterocycles. The van der Waals surface area contributed by atoms with Gasteiger partial charge in [-0.15, -0.1) is 11.8 Å². The zero-order chi connectivity index (χ0) is 15.7. The van der Waals surface area contributed by atoms with E-state index in [2.05, 4.69) is 0 Å². The number of ether oxygens (including phenoxy) is 1. The van der Waals surface area contributed by atoms with E-state index in [9.17, 15) is 14.4 Å². The van der Waals surface area contributed by atoms with Gasteiger partial charge in [0.05, 0.1) is 6.04 Å². The summed E-state index contributed by atoms with van der Waals surface area (Å²) in [6, 6.07) is -0.550. The monoisotopic (exact) mass is 305 g/mol. The molecule has 1 rings (SSSR count). The SMILES string of the molecule is CSC(ON1C(=O)C(C(=O)OC(C)(C)C)C1C)C(=O)O. The fraction of sp³-hybridized carbons (Fsp3) is 0.750. The number of nitrogens with zero attached hydrogens (tertiary/aromatic N) is 1. The topological polar surface area (TPSA) is 93.1 Å². The Hall–Kier alpha value is -1.28. The minimum atomic E-state index is -1.18. The summed E-state index contributed by atoms with van der Waals surface area (Å²) in [6.07, 6.45) is 1.55. The predicted octanol–water partition coefficient (Wildman–Crippen LogP) is 0.880. The number of β-lactam (4-membered cyclic amide) rings is 1. The Bertz CT molecular complexity index is 419. The summed E-state index contributed by atoms with van der Waals surface area (Å²) in [7, 11) is 0. The molecular weight excluding hydrogens is 286 g/mol. The molecule has 1 saturated heterocycles. The van der Waals surface area contributed by atoms with Crippen LogP contribution in [0.25, 0.3) is 0 Å². The first-order valence-corrected chi connectivity index (χ1v) is 7.35. The van der Waals surface area contributed by atoms with Crippen molar-refractivity contribution < 1.29 is 29.1 Å². The lowest BCUT2D eigenvalue weighted by Crippen LogP contribution is -2.63. The molecule has 3 unspecified atom stereocenters. The molecular formula is C12H19NO6S. The summed E-state index contributed by atoms with van der Waals surface area (Å²) in [5.74, 6) is -3.32. The molecule has 1 aliphatic heterocycles. The molecule has 8 heteroatoms. The average molecular weight is 305 g/mol. The second-order valence-corrected chi connectivity index (χ2v) is 6.33. The van der Waals surface area contributed by atoms with Crippen LogP contribution in [0.15, 0.2) is 0 Å². The number of hydroxylamine groups is 2. The fourth-order valence-corrected chi connectivity index (χ4v) is 2.08. The summed E-state index contributed by atoms with van der Waals surface area (Å²) in [4.78, 5) is 39.6. The van der Waals surface area contributed by atoms with Crippen LogP contribution in [0.5, 0.6) is 0 Å². The molecule has 0 aromatic carbocycles. The second kappa shape index (κ2) is 6.01. The molecule has 20 heavy (non-hydrogen) atoms. The van der Waals surface area contributed by atoms with Gasteiger partial charge in [0.25, 0.3) is 5.91 Å². The van der Waals surface area contributed by atoms with Gasteiger partial charge < -0.3 is 9.84 Å². The van der Waals surface area contributed by atoms with Crippen molar-refractivity contribution in [1.29, 1.82) is 0 Å². The van der Waals surface area contributed by atoms with Gasteiger partial charge in [-0.3, -0.25) is 9.59 Å². The van der Waals surface area contributed by atoms with Gasteiger partial charge in [0, 0.05) is 0 Å². The number of carboxylic acids is 1. The number of carbonyl (C=O) groups excluding carboxylic acids is 2. The zero-order valence-electron chi connectivity index (χ0n) is 12.1. The van der Waals surface area contributed by atoms with Gasteiger partial charge in [-0.05, 0) is 34.0 Å². The van der Waals surface area contributed by atoms with Gasteiger partial charge in [0.2, 0.25) is 5.44 Å². The number of esters is 1. The van der Waals surface area contributed by atoms with Crippen LogP contribution in [0, 0.1) is 5.92 Å². The lowest BCUT2D eigenvalue weighted by Gasteiger charge is -2.43. The van der Waals surface area contributed by atoms with Crippen LogP contribution in [-0.2, 0) is 24.0 Å². The number of thioether (sulfide) groups is 1. The molecule has 1 aliphatic rings. The highest BCUT2D eigenvalue weighted by atomic mass is 32.2. The lowest BCUT2D eigenvalue weighted by molar-refractivity contribution is -0.249. The largest absolute Gasteiger partial charge is 0.479 e. The van der Waals surface area contributed by atoms with Crippen molar-refractivity contribution in [3.8, 4) is 0 Å². The third-order valence-corrected chi connectivity index (χ3v) is 3.34. The minimum Gasteiger partial charge on any atom is -0.479 e. The number of hydrogen-bond acceptors (Lipinski definition) is 6. The number of carboxylic acid groups (broad SMARTS) is 1. The third kappa shape index (κ3) is 3.63. The number of amides is 1. The summed E-state index contributed by atoms with van der Waals surface area (Å²) < 4.78 is 5.15. The first-order chi connectivity index (χ1) is 9.08. The highest BCUT2D eigenvalue weighted by Gasteiger charge is 2.53. The molecule has 1 heterocycles. The maximum absolute atomic E-state index is 11.9. The van der Waals surface area contributed by atoms with Gasteiger partial charge in [-0.1, -0.05) is 0 Å². The molecule has 1 N–H and O–H groups in total. The minimum absolute atomic E-state index is 0.550. The lowest BCUT2D eigenvalue weighted by atomic mass is 9.91. The highest BCUT2D eigenvalue weighted by Crippen LogP contribution is 2.31. The van der Waals surface area contributed by atoms with E-state index < -0.39 is 40.8 Å².